The molecule has 1 aliphatic heterocycles. The molecular formula is C14H14BrN5O2. The van der Waals surface area contributed by atoms with Crippen LogP contribution in [0.25, 0.3) is 16.8 Å². The first-order valence-corrected chi connectivity index (χ1v) is 7.78. The van der Waals surface area contributed by atoms with E-state index in [-0.39, 0.29) is 6.10 Å². The number of ether oxygens (including phenoxy) is 2. The summed E-state index contributed by atoms with van der Waals surface area (Å²) in [6, 6.07) is 1.96. The Hall–Kier alpha value is -1.93. The summed E-state index contributed by atoms with van der Waals surface area (Å²) in [7, 11) is 1.88. The highest BCUT2D eigenvalue weighted by Crippen LogP contribution is 2.31. The number of nitrogens with zero attached hydrogens (tertiary/aromatic N) is 5. The molecule has 3 aromatic heterocycles. The van der Waals surface area contributed by atoms with Gasteiger partial charge in [-0.2, -0.15) is 5.10 Å². The van der Waals surface area contributed by atoms with Gasteiger partial charge in [0.15, 0.2) is 5.65 Å². The fourth-order valence-electron chi connectivity index (χ4n) is 2.49. The van der Waals surface area contributed by atoms with Crippen LogP contribution >= 0.6 is 15.9 Å². The van der Waals surface area contributed by atoms with Crippen molar-refractivity contribution in [1.29, 1.82) is 0 Å². The number of aryl methyl sites for hydroxylation is 1. The molecule has 1 fully saturated rings. The first kappa shape index (κ1) is 13.7. The van der Waals surface area contributed by atoms with Crippen LogP contribution in [0.4, 0.5) is 0 Å². The number of rotatable bonds is 3. The van der Waals surface area contributed by atoms with Crippen molar-refractivity contribution in [2.75, 3.05) is 13.2 Å². The molecule has 0 saturated carbocycles. The van der Waals surface area contributed by atoms with Gasteiger partial charge in [-0.3, -0.25) is 4.68 Å². The van der Waals surface area contributed by atoms with E-state index in [0.29, 0.717) is 12.5 Å². The van der Waals surface area contributed by atoms with Crippen molar-refractivity contribution in [3.8, 4) is 17.0 Å². The topological polar surface area (TPSA) is 66.5 Å². The van der Waals surface area contributed by atoms with Crippen LogP contribution in [-0.4, -0.2) is 43.7 Å². The molecule has 1 atom stereocenters. The molecule has 0 spiro atoms. The second-order valence-electron chi connectivity index (χ2n) is 5.22. The highest BCUT2D eigenvalue weighted by Gasteiger charge is 2.22. The molecule has 1 unspecified atom stereocenters. The molecule has 0 amide bonds. The Labute approximate surface area is 135 Å². The minimum atomic E-state index is 0.0302. The molecule has 1 saturated heterocycles. The van der Waals surface area contributed by atoms with Crippen LogP contribution in [0.15, 0.2) is 29.3 Å². The smallest absolute Gasteiger partial charge is 0.240 e. The molecule has 4 rings (SSSR count). The molecule has 0 aromatic carbocycles. The van der Waals surface area contributed by atoms with E-state index in [4.69, 9.17) is 9.47 Å². The van der Waals surface area contributed by atoms with Gasteiger partial charge in [0.2, 0.25) is 5.88 Å². The van der Waals surface area contributed by atoms with E-state index in [2.05, 4.69) is 31.1 Å². The van der Waals surface area contributed by atoms with Crippen molar-refractivity contribution in [2.24, 2.45) is 7.05 Å². The summed E-state index contributed by atoms with van der Waals surface area (Å²) in [5.41, 5.74) is 2.58. The van der Waals surface area contributed by atoms with E-state index in [9.17, 15) is 0 Å². The van der Waals surface area contributed by atoms with Gasteiger partial charge in [0, 0.05) is 25.2 Å². The predicted octanol–water partition coefficient (Wildman–Crippen LogP) is 2.06. The van der Waals surface area contributed by atoms with E-state index >= 15 is 0 Å². The van der Waals surface area contributed by atoms with Gasteiger partial charge >= 0.3 is 0 Å². The fourth-order valence-corrected chi connectivity index (χ4v) is 2.85. The van der Waals surface area contributed by atoms with Crippen molar-refractivity contribution >= 4 is 21.6 Å². The third-order valence-electron chi connectivity index (χ3n) is 3.60. The van der Waals surface area contributed by atoms with Crippen molar-refractivity contribution in [3.63, 3.8) is 0 Å². The molecule has 0 aliphatic carbocycles. The van der Waals surface area contributed by atoms with Crippen molar-refractivity contribution < 1.29 is 9.47 Å². The van der Waals surface area contributed by atoms with Crippen LogP contribution in [0.3, 0.4) is 0 Å². The Balaban J connectivity index is 1.83. The van der Waals surface area contributed by atoms with Gasteiger partial charge in [0.25, 0.3) is 0 Å². The zero-order chi connectivity index (χ0) is 15.1. The first-order chi connectivity index (χ1) is 10.7. The SMILES string of the molecule is Cn1cc(-c2cc3ncc(Br)n3nc2OC2CCOC2)cn1. The Morgan fingerprint density at radius 2 is 2.32 bits per heavy atom. The maximum atomic E-state index is 6.06. The maximum Gasteiger partial charge on any atom is 0.240 e. The molecule has 4 heterocycles. The van der Waals surface area contributed by atoms with Gasteiger partial charge in [-0.05, 0) is 22.0 Å². The second kappa shape index (κ2) is 5.36. The second-order valence-corrected chi connectivity index (χ2v) is 6.03. The van der Waals surface area contributed by atoms with Crippen LogP contribution in [-0.2, 0) is 11.8 Å². The molecule has 8 heteroatoms. The van der Waals surface area contributed by atoms with Crippen LogP contribution in [0.2, 0.25) is 0 Å². The largest absolute Gasteiger partial charge is 0.470 e. The zero-order valence-corrected chi connectivity index (χ0v) is 13.5. The van der Waals surface area contributed by atoms with Crippen molar-refractivity contribution in [1.82, 2.24) is 24.4 Å². The molecule has 114 valence electrons. The molecule has 0 radical (unpaired) electrons. The summed E-state index contributed by atoms with van der Waals surface area (Å²) in [6.45, 7) is 1.32. The predicted molar refractivity (Wildman–Crippen MR) is 82.7 cm³/mol. The van der Waals surface area contributed by atoms with Crippen LogP contribution in [0, 0.1) is 0 Å². The van der Waals surface area contributed by atoms with Gasteiger partial charge in [-0.25, -0.2) is 9.50 Å². The highest BCUT2D eigenvalue weighted by atomic mass is 79.9. The third-order valence-corrected chi connectivity index (χ3v) is 4.14. The quantitative estimate of drug-likeness (QED) is 0.712. The van der Waals surface area contributed by atoms with E-state index in [1.165, 1.54) is 0 Å². The summed E-state index contributed by atoms with van der Waals surface area (Å²) in [4.78, 5) is 4.33. The Bertz CT molecular complexity index is 822. The Kier molecular flexibility index (Phi) is 3.34. The van der Waals surface area contributed by atoms with E-state index in [1.54, 1.807) is 21.6 Å². The molecule has 0 bridgehead atoms. The summed E-state index contributed by atoms with van der Waals surface area (Å²) in [5, 5.41) is 8.80. The number of fused-ring (bicyclic) bond motifs is 1. The number of hydrogen-bond donors (Lipinski definition) is 0. The first-order valence-electron chi connectivity index (χ1n) is 6.98. The summed E-state index contributed by atoms with van der Waals surface area (Å²) < 4.78 is 15.7. The number of halogens is 1. The Morgan fingerprint density at radius 3 is 3.05 bits per heavy atom. The molecule has 0 N–H and O–H groups in total. The lowest BCUT2D eigenvalue weighted by Gasteiger charge is -2.14. The number of aromatic nitrogens is 5. The van der Waals surface area contributed by atoms with Gasteiger partial charge in [0.1, 0.15) is 10.7 Å². The molecule has 3 aromatic rings. The average Bonchev–Trinajstić information content (AvgIpc) is 3.22. The minimum absolute atomic E-state index is 0.0302. The normalized spacial score (nSPS) is 18.2. The van der Waals surface area contributed by atoms with E-state index in [1.807, 2.05) is 19.3 Å². The van der Waals surface area contributed by atoms with Gasteiger partial charge in [-0.15, -0.1) is 5.10 Å². The van der Waals surface area contributed by atoms with Gasteiger partial charge in [0.05, 0.1) is 31.2 Å². The lowest BCUT2D eigenvalue weighted by molar-refractivity contribution is 0.137. The number of hydrogen-bond acceptors (Lipinski definition) is 5. The third kappa shape index (κ3) is 2.38. The van der Waals surface area contributed by atoms with Gasteiger partial charge in [-0.1, -0.05) is 0 Å². The van der Waals surface area contributed by atoms with Crippen LogP contribution < -0.4 is 4.74 Å². The number of imidazole rings is 1. The minimum Gasteiger partial charge on any atom is -0.470 e. The molecule has 1 aliphatic rings. The maximum absolute atomic E-state index is 6.06. The molecule has 22 heavy (non-hydrogen) atoms. The monoisotopic (exact) mass is 363 g/mol. The lowest BCUT2D eigenvalue weighted by atomic mass is 10.1. The standard InChI is InChI=1S/C14H14BrN5O2/c1-19-7-9(5-17-19)11-4-13-16-6-12(15)20(13)18-14(11)22-10-2-3-21-8-10/h4-7,10H,2-3,8H2,1H3. The fraction of sp³-hybridized carbons (Fsp3) is 0.357. The lowest BCUT2D eigenvalue weighted by Crippen LogP contribution is -2.17. The molecular weight excluding hydrogens is 350 g/mol. The summed E-state index contributed by atoms with van der Waals surface area (Å²) in [6.07, 6.45) is 6.35. The average molecular weight is 364 g/mol. The molecule has 7 nitrogen and oxygen atoms in total. The highest BCUT2D eigenvalue weighted by molar-refractivity contribution is 9.10. The van der Waals surface area contributed by atoms with Crippen molar-refractivity contribution in [2.45, 2.75) is 12.5 Å². The zero-order valence-electron chi connectivity index (χ0n) is 11.9. The van der Waals surface area contributed by atoms with E-state index in [0.717, 1.165) is 34.4 Å². The Morgan fingerprint density at radius 1 is 1.41 bits per heavy atom. The summed E-state index contributed by atoms with van der Waals surface area (Å²) >= 11 is 3.44. The van der Waals surface area contributed by atoms with Gasteiger partial charge < -0.3 is 9.47 Å². The van der Waals surface area contributed by atoms with Crippen LogP contribution in [0.5, 0.6) is 5.88 Å². The summed E-state index contributed by atoms with van der Waals surface area (Å²) in [5.74, 6) is 0.565. The van der Waals surface area contributed by atoms with E-state index < -0.39 is 0 Å². The van der Waals surface area contributed by atoms with Crippen LogP contribution in [0.1, 0.15) is 6.42 Å². The van der Waals surface area contributed by atoms with Crippen molar-refractivity contribution in [3.05, 3.63) is 29.3 Å².